The summed E-state index contributed by atoms with van der Waals surface area (Å²) in [7, 11) is 0. The van der Waals surface area contributed by atoms with Gasteiger partial charge in [0.05, 0.1) is 24.0 Å². The Kier molecular flexibility index (Phi) is 5.40. The van der Waals surface area contributed by atoms with Crippen LogP contribution in [0.1, 0.15) is 63.0 Å². The summed E-state index contributed by atoms with van der Waals surface area (Å²) in [5, 5.41) is 17.3. The molecule has 1 aliphatic carbocycles. The molecule has 3 aliphatic heterocycles. The molecule has 3 fully saturated rings. The Balaban J connectivity index is 1.27. The Hall–Kier alpha value is -3.06. The smallest absolute Gasteiger partial charge is 0.262 e. The number of hydrogen-bond acceptors (Lipinski definition) is 8. The molecule has 2 saturated heterocycles. The van der Waals surface area contributed by atoms with Crippen LogP contribution in [0.15, 0.2) is 35.1 Å². The number of alkyl halides is 2. The molecule has 1 saturated carbocycles. The number of allylic oxidation sites excluding steroid dienone is 1. The number of hydrogen-bond donors (Lipinski definition) is 3. The zero-order valence-electron chi connectivity index (χ0n) is 20.6. The van der Waals surface area contributed by atoms with E-state index < -0.39 is 28.9 Å². The molecule has 13 heteroatoms. The van der Waals surface area contributed by atoms with Crippen molar-refractivity contribution < 1.29 is 17.6 Å². The normalized spacial score (nSPS) is 30.8. The molecule has 4 heterocycles. The van der Waals surface area contributed by atoms with Crippen LogP contribution in [0.25, 0.3) is 5.69 Å². The van der Waals surface area contributed by atoms with Crippen LogP contribution < -0.4 is 16.4 Å². The van der Waals surface area contributed by atoms with Crippen LogP contribution in [0.4, 0.5) is 17.6 Å². The lowest BCUT2D eigenvalue weighted by atomic mass is 9.83. The van der Waals surface area contributed by atoms with Crippen LogP contribution in [0.3, 0.4) is 0 Å². The molecule has 1 aromatic carbocycles. The van der Waals surface area contributed by atoms with Crippen LogP contribution in [0.5, 0.6) is 0 Å². The van der Waals surface area contributed by atoms with E-state index in [9.17, 15) is 13.2 Å². The number of aromatic nitrogens is 4. The second kappa shape index (κ2) is 8.22. The van der Waals surface area contributed by atoms with Gasteiger partial charge in [-0.25, -0.2) is 27.2 Å². The molecule has 0 bridgehead atoms. The minimum Gasteiger partial charge on any atom is -0.366 e. The highest BCUT2D eigenvalue weighted by Gasteiger charge is 2.53. The Labute approximate surface area is 211 Å². The van der Waals surface area contributed by atoms with E-state index in [0.717, 1.165) is 24.6 Å². The lowest BCUT2D eigenvalue weighted by molar-refractivity contribution is -0.00901. The third kappa shape index (κ3) is 4.37. The van der Waals surface area contributed by atoms with E-state index in [-0.39, 0.29) is 42.4 Å². The Morgan fingerprint density at radius 2 is 1.95 bits per heavy atom. The van der Waals surface area contributed by atoms with Gasteiger partial charge in [-0.1, -0.05) is 0 Å². The molecule has 4 aliphatic rings. The zero-order chi connectivity index (χ0) is 26.2. The molecule has 9 nitrogen and oxygen atoms in total. The van der Waals surface area contributed by atoms with E-state index in [2.05, 4.69) is 31.2 Å². The van der Waals surface area contributed by atoms with Gasteiger partial charge >= 0.3 is 0 Å². The first-order chi connectivity index (χ1) is 17.4. The minimum absolute atomic E-state index is 0.00367. The van der Waals surface area contributed by atoms with Crippen molar-refractivity contribution in [3.05, 3.63) is 47.1 Å². The van der Waals surface area contributed by atoms with Crippen LogP contribution >= 0.6 is 0 Å². The number of halogens is 4. The zero-order valence-corrected chi connectivity index (χ0v) is 20.6. The van der Waals surface area contributed by atoms with Crippen molar-refractivity contribution in [1.82, 2.24) is 35.7 Å². The van der Waals surface area contributed by atoms with Crippen molar-refractivity contribution >= 4 is 6.21 Å². The van der Waals surface area contributed by atoms with E-state index in [0.29, 0.717) is 18.5 Å². The minimum atomic E-state index is -2.75. The molecular formula is C24H29F4N9. The van der Waals surface area contributed by atoms with E-state index in [1.807, 2.05) is 18.7 Å². The molecular weight excluding hydrogens is 490 g/mol. The summed E-state index contributed by atoms with van der Waals surface area (Å²) in [6.45, 7) is 3.56. The number of tetrazole rings is 1. The number of nitrogens with two attached hydrogens (primary N) is 1. The molecule has 0 spiro atoms. The van der Waals surface area contributed by atoms with E-state index in [1.54, 1.807) is 0 Å². The van der Waals surface area contributed by atoms with Crippen molar-refractivity contribution in [2.75, 3.05) is 6.54 Å². The molecule has 1 aromatic heterocycles. The van der Waals surface area contributed by atoms with Gasteiger partial charge in [0.15, 0.2) is 5.83 Å². The number of rotatable bonds is 5. The average Bonchev–Trinajstić information content (AvgIpc) is 3.41. The van der Waals surface area contributed by atoms with Crippen molar-refractivity contribution in [3.63, 3.8) is 0 Å². The Morgan fingerprint density at radius 3 is 2.65 bits per heavy atom. The summed E-state index contributed by atoms with van der Waals surface area (Å²) in [6.07, 6.45) is 4.93. The number of nitrogens with zero attached hydrogens (tertiary/aromatic N) is 6. The highest BCUT2D eigenvalue weighted by molar-refractivity contribution is 5.78. The van der Waals surface area contributed by atoms with Gasteiger partial charge in [0.1, 0.15) is 18.0 Å². The highest BCUT2D eigenvalue weighted by atomic mass is 19.3. The van der Waals surface area contributed by atoms with Crippen LogP contribution in [-0.2, 0) is 5.79 Å². The van der Waals surface area contributed by atoms with Gasteiger partial charge in [0.25, 0.3) is 5.92 Å². The third-order valence-electron chi connectivity index (χ3n) is 7.88. The van der Waals surface area contributed by atoms with Crippen LogP contribution in [-0.4, -0.2) is 61.4 Å². The summed E-state index contributed by atoms with van der Waals surface area (Å²) in [5.41, 5.74) is 7.35. The predicted molar refractivity (Wildman–Crippen MR) is 127 cm³/mol. The second-order valence-corrected chi connectivity index (χ2v) is 11.2. The van der Waals surface area contributed by atoms with Gasteiger partial charge in [0.2, 0.25) is 5.79 Å². The van der Waals surface area contributed by atoms with Gasteiger partial charge in [-0.2, -0.15) is 0 Å². The molecule has 2 aromatic rings. The number of aliphatic imine (C=N–C) groups is 1. The van der Waals surface area contributed by atoms with Gasteiger partial charge < -0.3 is 10.6 Å². The maximum absolute atomic E-state index is 15.4. The monoisotopic (exact) mass is 519 g/mol. The summed E-state index contributed by atoms with van der Waals surface area (Å²) in [5.74, 6) is -5.70. The average molecular weight is 520 g/mol. The summed E-state index contributed by atoms with van der Waals surface area (Å²) < 4.78 is 60.1. The molecule has 6 rings (SSSR count). The van der Waals surface area contributed by atoms with E-state index >= 15 is 4.39 Å². The maximum Gasteiger partial charge on any atom is 0.262 e. The first kappa shape index (κ1) is 24.3. The molecule has 0 amide bonds. The van der Waals surface area contributed by atoms with Gasteiger partial charge in [-0.15, -0.1) is 5.10 Å². The molecule has 37 heavy (non-hydrogen) atoms. The maximum atomic E-state index is 15.4. The Bertz CT molecular complexity index is 1270. The van der Waals surface area contributed by atoms with Crippen molar-refractivity contribution in [3.8, 4) is 5.69 Å². The summed E-state index contributed by atoms with van der Waals surface area (Å²) >= 11 is 0. The number of nitrogens with one attached hydrogen (secondary N) is 2. The number of fused-ring (bicyclic) bond motifs is 1. The topological polar surface area (TPSA) is 109 Å². The van der Waals surface area contributed by atoms with Crippen LogP contribution in [0, 0.1) is 5.82 Å². The first-order valence-electron chi connectivity index (χ1n) is 12.4. The molecule has 198 valence electrons. The molecule has 3 atom stereocenters. The molecule has 1 unspecified atom stereocenters. The van der Waals surface area contributed by atoms with Gasteiger partial charge in [0, 0.05) is 24.0 Å². The van der Waals surface area contributed by atoms with Crippen molar-refractivity contribution in [1.29, 1.82) is 0 Å². The number of benzene rings is 1. The second-order valence-electron chi connectivity index (χ2n) is 11.2. The first-order valence-corrected chi connectivity index (χ1v) is 12.4. The van der Waals surface area contributed by atoms with Crippen LogP contribution in [0.2, 0.25) is 0 Å². The standard InChI is InChI=1S/C24H29F4N9/c1-22(2)8-14(5-15-9-23(27,28)11-36(15)22)32-21-19(26)10-30-24(29,33-21)17-7-20(37-12-31-34-35-37)16(6-18(17)25)13-3-4-13/h6-7,10,12-15,32-33H,3-5,8-9,11,29H2,1-2H3/t14-,15+,24?/m0/s1. The van der Waals surface area contributed by atoms with Gasteiger partial charge in [-0.05, 0) is 73.6 Å². The summed E-state index contributed by atoms with van der Waals surface area (Å²) in [4.78, 5) is 5.93. The van der Waals surface area contributed by atoms with Crippen molar-refractivity contribution in [2.45, 2.75) is 81.2 Å². The third-order valence-corrected chi connectivity index (χ3v) is 7.88. The summed E-state index contributed by atoms with van der Waals surface area (Å²) in [6, 6.07) is 2.32. The van der Waals surface area contributed by atoms with Gasteiger partial charge in [-0.3, -0.25) is 10.6 Å². The SMILES string of the molecule is CC1(C)C[C@@H](NC2=C(F)C=NC(N)(c3cc(-n4cnnn4)c(C4CC4)cc3F)N2)C[C@@H]2CC(F)(F)CN21. The Morgan fingerprint density at radius 1 is 1.16 bits per heavy atom. The lowest BCUT2D eigenvalue weighted by Gasteiger charge is -2.48. The fraction of sp³-hybridized carbons (Fsp3) is 0.583. The number of piperidine rings is 1. The molecule has 0 radical (unpaired) electrons. The molecule has 4 N–H and O–H groups in total. The van der Waals surface area contributed by atoms with Crippen molar-refractivity contribution in [2.24, 2.45) is 10.7 Å². The lowest BCUT2D eigenvalue weighted by Crippen LogP contribution is -2.59. The fourth-order valence-electron chi connectivity index (χ4n) is 6.07. The van der Waals surface area contributed by atoms with E-state index in [4.69, 9.17) is 5.73 Å². The fourth-order valence-corrected chi connectivity index (χ4v) is 6.07. The highest BCUT2D eigenvalue weighted by Crippen LogP contribution is 2.45. The largest absolute Gasteiger partial charge is 0.366 e. The van der Waals surface area contributed by atoms with E-state index in [1.165, 1.54) is 23.1 Å². The quantitative estimate of drug-likeness (QED) is 0.522. The predicted octanol–water partition coefficient (Wildman–Crippen LogP) is 2.80.